The molecule has 0 fully saturated rings. The molecule has 7 nitrogen and oxygen atoms in total. The monoisotopic (exact) mass is 535 g/mol. The average molecular weight is 535 g/mol. The van der Waals surface area contributed by atoms with Gasteiger partial charge in [0.05, 0.1) is 17.3 Å². The van der Waals surface area contributed by atoms with Gasteiger partial charge in [-0.3, -0.25) is 10.4 Å². The maximum Gasteiger partial charge on any atom is 0.416 e. The summed E-state index contributed by atoms with van der Waals surface area (Å²) in [4.78, 5) is 4.17. The van der Waals surface area contributed by atoms with E-state index in [1.807, 2.05) is 18.2 Å². The smallest absolute Gasteiger partial charge is 0.341 e. The Hall–Kier alpha value is -3.84. The van der Waals surface area contributed by atoms with Gasteiger partial charge in [0.1, 0.15) is 5.82 Å². The molecule has 1 aromatic heterocycles. The zero-order chi connectivity index (χ0) is 27.3. The largest absolute Gasteiger partial charge is 0.416 e. The van der Waals surface area contributed by atoms with Crippen LogP contribution in [0.2, 0.25) is 0 Å². The number of nitrogens with one attached hydrogen (secondary N) is 3. The highest BCUT2D eigenvalue weighted by Gasteiger charge is 2.40. The lowest BCUT2D eigenvalue weighted by atomic mass is 9.98. The first-order chi connectivity index (χ1) is 17.8. The highest BCUT2D eigenvalue weighted by molar-refractivity contribution is 6.12. The van der Waals surface area contributed by atoms with E-state index in [9.17, 15) is 26.3 Å². The van der Waals surface area contributed by atoms with Gasteiger partial charge in [-0.2, -0.15) is 31.4 Å². The Morgan fingerprint density at radius 3 is 2.34 bits per heavy atom. The number of hydrogen-bond donors (Lipinski definition) is 4. The van der Waals surface area contributed by atoms with Gasteiger partial charge in [-0.05, 0) is 54.4 Å². The Morgan fingerprint density at radius 1 is 1.00 bits per heavy atom. The van der Waals surface area contributed by atoms with E-state index in [0.29, 0.717) is 35.5 Å². The van der Waals surface area contributed by atoms with Crippen molar-refractivity contribution in [2.75, 3.05) is 11.9 Å². The number of anilines is 1. The van der Waals surface area contributed by atoms with Gasteiger partial charge < -0.3 is 16.0 Å². The van der Waals surface area contributed by atoms with Crippen molar-refractivity contribution in [3.05, 3.63) is 88.0 Å². The maximum absolute atomic E-state index is 13.5. The number of halogens is 6. The van der Waals surface area contributed by atoms with Crippen molar-refractivity contribution in [1.29, 1.82) is 0 Å². The molecule has 38 heavy (non-hydrogen) atoms. The number of fused-ring (bicyclic) bond motifs is 1. The van der Waals surface area contributed by atoms with Crippen LogP contribution in [0.15, 0.2) is 59.6 Å². The summed E-state index contributed by atoms with van der Waals surface area (Å²) in [6.07, 6.45) is -4.63. The predicted molar refractivity (Wildman–Crippen MR) is 130 cm³/mol. The van der Waals surface area contributed by atoms with Gasteiger partial charge in [-0.25, -0.2) is 4.99 Å². The van der Waals surface area contributed by atoms with Gasteiger partial charge in [-0.1, -0.05) is 6.07 Å². The van der Waals surface area contributed by atoms with Gasteiger partial charge in [0.25, 0.3) is 0 Å². The van der Waals surface area contributed by atoms with Crippen LogP contribution in [0.1, 0.15) is 33.4 Å². The zero-order valence-corrected chi connectivity index (χ0v) is 20.0. The number of nitrogens with zero attached hydrogens (tertiary/aromatic N) is 3. The zero-order valence-electron chi connectivity index (χ0n) is 20.0. The molecule has 0 saturated carbocycles. The first kappa shape index (κ1) is 25.8. The van der Waals surface area contributed by atoms with Crippen LogP contribution in [0.4, 0.5) is 32.0 Å². The fraction of sp³-hybridized carbons (Fsp3) is 0.280. The van der Waals surface area contributed by atoms with Crippen molar-refractivity contribution in [3.8, 4) is 0 Å². The van der Waals surface area contributed by atoms with E-state index in [2.05, 4.69) is 26.0 Å². The standard InChI is InChI=1S/C25H23F6N7/c1-38-13-16(11-35-38)21-12-34-25(32,19-8-17(23(26,27)28)7-18(9-19)24(29,30)31)37-22(21)36-20-3-2-14-4-5-33-10-15(14)6-20/h2-3,6-9,11-13,33,36-37H,4-5,10,32H2,1H3. The fourth-order valence-corrected chi connectivity index (χ4v) is 4.42. The van der Waals surface area contributed by atoms with Gasteiger partial charge in [0.15, 0.2) is 0 Å². The van der Waals surface area contributed by atoms with Crippen LogP contribution >= 0.6 is 0 Å². The lowest BCUT2D eigenvalue weighted by Gasteiger charge is -2.34. The highest BCUT2D eigenvalue weighted by atomic mass is 19.4. The molecular formula is C25H23F6N7. The number of hydrogen-bond acceptors (Lipinski definition) is 6. The van der Waals surface area contributed by atoms with E-state index in [1.54, 1.807) is 24.1 Å². The Morgan fingerprint density at radius 2 is 1.71 bits per heavy atom. The van der Waals surface area contributed by atoms with E-state index in [-0.39, 0.29) is 11.9 Å². The van der Waals surface area contributed by atoms with Crippen LogP contribution in [-0.2, 0) is 38.2 Å². The van der Waals surface area contributed by atoms with Crippen LogP contribution in [0, 0.1) is 0 Å². The average Bonchev–Trinajstić information content (AvgIpc) is 3.28. The second-order valence-electron chi connectivity index (χ2n) is 9.17. The SMILES string of the molecule is Cn1cc(C2=C(Nc3ccc4c(c3)CNCC4)NC(N)(c3cc(C(F)(F)F)cc(C(F)(F)F)c3)N=C2)cn1. The van der Waals surface area contributed by atoms with Gasteiger partial charge in [0.2, 0.25) is 5.79 Å². The Bertz CT molecular complexity index is 1400. The molecular weight excluding hydrogens is 512 g/mol. The minimum atomic E-state index is -5.03. The van der Waals surface area contributed by atoms with Crippen LogP contribution in [0.3, 0.4) is 0 Å². The van der Waals surface area contributed by atoms with Crippen LogP contribution in [0.5, 0.6) is 0 Å². The Labute approximate surface area is 213 Å². The second-order valence-corrected chi connectivity index (χ2v) is 9.17. The number of rotatable bonds is 4. The van der Waals surface area contributed by atoms with Crippen molar-refractivity contribution in [3.63, 3.8) is 0 Å². The number of nitrogens with two attached hydrogens (primary N) is 1. The second kappa shape index (κ2) is 9.17. The van der Waals surface area contributed by atoms with Crippen LogP contribution in [0.25, 0.3) is 5.57 Å². The normalized spacial score (nSPS) is 19.8. The quantitative estimate of drug-likeness (QED) is 0.374. The number of allylic oxidation sites excluding steroid dienone is 1. The third kappa shape index (κ3) is 5.11. The van der Waals surface area contributed by atoms with Crippen molar-refractivity contribution in [2.24, 2.45) is 17.8 Å². The molecule has 0 radical (unpaired) electrons. The first-order valence-corrected chi connectivity index (χ1v) is 11.6. The van der Waals surface area contributed by atoms with Crippen LogP contribution < -0.4 is 21.7 Å². The summed E-state index contributed by atoms with van der Waals surface area (Å²) in [5.74, 6) is -1.89. The molecule has 5 rings (SSSR count). The van der Waals surface area contributed by atoms with E-state index < -0.39 is 34.8 Å². The number of aliphatic imine (C=N–C) groups is 1. The summed E-state index contributed by atoms with van der Waals surface area (Å²) in [6, 6.07) is 6.92. The summed E-state index contributed by atoms with van der Waals surface area (Å²) < 4.78 is 82.6. The molecule has 13 heteroatoms. The van der Waals surface area contributed by atoms with Crippen LogP contribution in [-0.4, -0.2) is 22.5 Å². The number of benzene rings is 2. The molecule has 3 aromatic rings. The molecule has 0 bridgehead atoms. The molecule has 1 atom stereocenters. The first-order valence-electron chi connectivity index (χ1n) is 11.6. The Balaban J connectivity index is 1.58. The summed E-state index contributed by atoms with van der Waals surface area (Å²) in [5.41, 5.74) is 6.86. The molecule has 2 aliphatic heterocycles. The molecule has 0 aliphatic carbocycles. The van der Waals surface area contributed by atoms with Crippen molar-refractivity contribution >= 4 is 17.5 Å². The lowest BCUT2D eigenvalue weighted by molar-refractivity contribution is -0.143. The van der Waals surface area contributed by atoms with E-state index in [0.717, 1.165) is 18.5 Å². The minimum absolute atomic E-state index is 0.0522. The third-order valence-electron chi connectivity index (χ3n) is 6.39. The molecule has 2 aromatic carbocycles. The summed E-state index contributed by atoms with van der Waals surface area (Å²) in [5, 5.41) is 13.5. The highest BCUT2D eigenvalue weighted by Crippen LogP contribution is 2.39. The summed E-state index contributed by atoms with van der Waals surface area (Å²) in [7, 11) is 1.70. The summed E-state index contributed by atoms with van der Waals surface area (Å²) in [6.45, 7) is 1.53. The fourth-order valence-electron chi connectivity index (χ4n) is 4.42. The molecule has 0 spiro atoms. The molecule has 1 unspecified atom stereocenters. The number of aryl methyl sites for hydroxylation is 1. The maximum atomic E-state index is 13.5. The molecule has 0 amide bonds. The number of alkyl halides is 6. The third-order valence-corrected chi connectivity index (χ3v) is 6.39. The van der Waals surface area contributed by atoms with Gasteiger partial charge in [0, 0.05) is 48.4 Å². The molecule has 2 aliphatic rings. The topological polar surface area (TPSA) is 92.3 Å². The summed E-state index contributed by atoms with van der Waals surface area (Å²) >= 11 is 0. The van der Waals surface area contributed by atoms with Crippen molar-refractivity contribution in [1.82, 2.24) is 20.4 Å². The Kier molecular flexibility index (Phi) is 6.22. The molecule has 3 heterocycles. The minimum Gasteiger partial charge on any atom is -0.341 e. The van der Waals surface area contributed by atoms with E-state index in [1.165, 1.54) is 11.8 Å². The van der Waals surface area contributed by atoms with Gasteiger partial charge in [-0.15, -0.1) is 0 Å². The molecule has 5 N–H and O–H groups in total. The van der Waals surface area contributed by atoms with Gasteiger partial charge >= 0.3 is 12.4 Å². The lowest BCUT2D eigenvalue weighted by Crippen LogP contribution is -2.52. The van der Waals surface area contributed by atoms with Crippen molar-refractivity contribution in [2.45, 2.75) is 31.1 Å². The predicted octanol–water partition coefficient (Wildman–Crippen LogP) is 4.33. The molecule has 200 valence electrons. The number of aromatic nitrogens is 2. The van der Waals surface area contributed by atoms with Crippen molar-refractivity contribution < 1.29 is 26.3 Å². The van der Waals surface area contributed by atoms with E-state index >= 15 is 0 Å². The van der Waals surface area contributed by atoms with E-state index in [4.69, 9.17) is 5.73 Å². The molecule has 0 saturated heterocycles.